The summed E-state index contributed by atoms with van der Waals surface area (Å²) < 4.78 is 25.4. The Morgan fingerprint density at radius 2 is 2.06 bits per heavy atom. The van der Waals surface area contributed by atoms with Crippen LogP contribution in [-0.4, -0.2) is 36.4 Å². The maximum Gasteiger partial charge on any atom is 0.260 e. The lowest BCUT2D eigenvalue weighted by Crippen LogP contribution is -2.31. The average molecular weight is 258 g/mol. The quantitative estimate of drug-likeness (QED) is 0.850. The van der Waals surface area contributed by atoms with Crippen molar-refractivity contribution in [3.63, 3.8) is 0 Å². The molecular weight excluding hydrogens is 240 g/mol. The van der Waals surface area contributed by atoms with E-state index in [-0.39, 0.29) is 17.6 Å². The highest BCUT2D eigenvalue weighted by Gasteiger charge is 2.22. The van der Waals surface area contributed by atoms with Gasteiger partial charge in [-0.15, -0.1) is 0 Å². The Hall–Kier alpha value is -0.980. The second-order valence-electron chi connectivity index (χ2n) is 4.34. The van der Waals surface area contributed by atoms with Gasteiger partial charge in [0, 0.05) is 19.8 Å². The molecule has 0 unspecified atom stereocenters. The van der Waals surface area contributed by atoms with Gasteiger partial charge in [-0.1, -0.05) is 19.9 Å². The lowest BCUT2D eigenvalue weighted by molar-refractivity contribution is 0.281. The van der Waals surface area contributed by atoms with Crippen molar-refractivity contribution in [2.75, 3.05) is 13.6 Å². The van der Waals surface area contributed by atoms with Gasteiger partial charge in [0.1, 0.15) is 0 Å². The molecule has 0 saturated heterocycles. The topological polar surface area (TPSA) is 70.5 Å². The molecule has 1 N–H and O–H groups in total. The van der Waals surface area contributed by atoms with E-state index in [1.54, 1.807) is 6.07 Å². The first-order chi connectivity index (χ1) is 7.87. The molecule has 0 amide bonds. The summed E-state index contributed by atoms with van der Waals surface area (Å²) in [5, 5.41) is 8.87. The number of aliphatic hydroxyl groups excluding tert-OH is 1. The summed E-state index contributed by atoms with van der Waals surface area (Å²) in [6.45, 7) is 4.21. The number of rotatable bonds is 5. The highest BCUT2D eigenvalue weighted by Crippen LogP contribution is 2.13. The van der Waals surface area contributed by atoms with Gasteiger partial charge < -0.3 is 5.11 Å². The van der Waals surface area contributed by atoms with E-state index in [1.165, 1.54) is 23.6 Å². The Balaban J connectivity index is 2.96. The number of sulfonamides is 1. The van der Waals surface area contributed by atoms with Crippen LogP contribution in [0, 0.1) is 5.92 Å². The van der Waals surface area contributed by atoms with Crippen molar-refractivity contribution >= 4 is 10.0 Å². The average Bonchev–Trinajstić information content (AvgIpc) is 2.28. The summed E-state index contributed by atoms with van der Waals surface area (Å²) in [6, 6.07) is 2.97. The SMILES string of the molecule is CC(C)CN(C)S(=O)(=O)c1ccc(CO)cn1. The zero-order valence-corrected chi connectivity index (χ0v) is 11.1. The van der Waals surface area contributed by atoms with Gasteiger partial charge in [-0.05, 0) is 17.5 Å². The van der Waals surface area contributed by atoms with Crippen molar-refractivity contribution in [2.45, 2.75) is 25.5 Å². The Morgan fingerprint density at radius 1 is 1.41 bits per heavy atom. The van der Waals surface area contributed by atoms with Gasteiger partial charge in [0.2, 0.25) is 0 Å². The minimum atomic E-state index is -3.52. The van der Waals surface area contributed by atoms with Crippen molar-refractivity contribution in [1.82, 2.24) is 9.29 Å². The molecule has 0 radical (unpaired) electrons. The third-order valence-electron chi connectivity index (χ3n) is 2.28. The van der Waals surface area contributed by atoms with Crippen LogP contribution in [0.25, 0.3) is 0 Å². The molecule has 0 saturated carbocycles. The second-order valence-corrected chi connectivity index (χ2v) is 6.33. The molecule has 6 heteroatoms. The largest absolute Gasteiger partial charge is 0.392 e. The van der Waals surface area contributed by atoms with Crippen LogP contribution >= 0.6 is 0 Å². The lowest BCUT2D eigenvalue weighted by atomic mass is 10.2. The van der Waals surface area contributed by atoms with Gasteiger partial charge in [-0.3, -0.25) is 0 Å². The fourth-order valence-electron chi connectivity index (χ4n) is 1.43. The van der Waals surface area contributed by atoms with E-state index in [0.717, 1.165) is 0 Å². The molecule has 5 nitrogen and oxygen atoms in total. The van der Waals surface area contributed by atoms with Gasteiger partial charge >= 0.3 is 0 Å². The number of nitrogens with zero attached hydrogens (tertiary/aromatic N) is 2. The number of pyridine rings is 1. The summed E-state index contributed by atoms with van der Waals surface area (Å²) in [4.78, 5) is 3.86. The lowest BCUT2D eigenvalue weighted by Gasteiger charge is -2.18. The molecule has 0 aliphatic heterocycles. The van der Waals surface area contributed by atoms with Gasteiger partial charge in [-0.25, -0.2) is 13.4 Å². The molecule has 0 fully saturated rings. The van der Waals surface area contributed by atoms with Crippen LogP contribution in [-0.2, 0) is 16.6 Å². The van der Waals surface area contributed by atoms with Gasteiger partial charge in [0.05, 0.1) is 6.61 Å². The first-order valence-corrected chi connectivity index (χ1v) is 6.84. The van der Waals surface area contributed by atoms with Crippen molar-refractivity contribution < 1.29 is 13.5 Å². The summed E-state index contributed by atoms with van der Waals surface area (Å²) in [7, 11) is -1.98. The third-order valence-corrected chi connectivity index (χ3v) is 4.02. The molecule has 0 aliphatic carbocycles. The first kappa shape index (κ1) is 14.1. The van der Waals surface area contributed by atoms with Crippen LogP contribution < -0.4 is 0 Å². The van der Waals surface area contributed by atoms with Crippen LogP contribution in [0.4, 0.5) is 0 Å². The molecule has 1 heterocycles. The molecule has 0 aliphatic rings. The van der Waals surface area contributed by atoms with Crippen LogP contribution in [0.5, 0.6) is 0 Å². The van der Waals surface area contributed by atoms with Crippen molar-refractivity contribution in [3.05, 3.63) is 23.9 Å². The molecule has 0 bridgehead atoms. The van der Waals surface area contributed by atoms with Crippen LogP contribution in [0.15, 0.2) is 23.4 Å². The number of aliphatic hydroxyl groups is 1. The summed E-state index contributed by atoms with van der Waals surface area (Å²) in [5.74, 6) is 0.256. The van der Waals surface area contributed by atoms with Crippen molar-refractivity contribution in [1.29, 1.82) is 0 Å². The Labute approximate surface area is 102 Å². The fourth-order valence-corrected chi connectivity index (χ4v) is 2.67. The van der Waals surface area contributed by atoms with E-state index >= 15 is 0 Å². The van der Waals surface area contributed by atoms with E-state index in [4.69, 9.17) is 5.11 Å². The van der Waals surface area contributed by atoms with E-state index in [9.17, 15) is 8.42 Å². The predicted molar refractivity (Wildman–Crippen MR) is 64.8 cm³/mol. The van der Waals surface area contributed by atoms with Crippen LogP contribution in [0.2, 0.25) is 0 Å². The maximum absolute atomic E-state index is 12.1. The van der Waals surface area contributed by atoms with Crippen LogP contribution in [0.3, 0.4) is 0 Å². The summed E-state index contributed by atoms with van der Waals surface area (Å²) >= 11 is 0. The van der Waals surface area contributed by atoms with Gasteiger partial charge in [0.25, 0.3) is 10.0 Å². The first-order valence-electron chi connectivity index (χ1n) is 5.40. The number of hydrogen-bond donors (Lipinski definition) is 1. The molecule has 0 aromatic carbocycles. The third kappa shape index (κ3) is 3.49. The van der Waals surface area contributed by atoms with Gasteiger partial charge in [0.15, 0.2) is 5.03 Å². The van der Waals surface area contributed by atoms with E-state index in [1.807, 2.05) is 13.8 Å². The normalized spacial score (nSPS) is 12.4. The highest BCUT2D eigenvalue weighted by molar-refractivity contribution is 7.89. The Kier molecular flexibility index (Phi) is 4.62. The molecule has 17 heavy (non-hydrogen) atoms. The minimum absolute atomic E-state index is 0.0119. The smallest absolute Gasteiger partial charge is 0.260 e. The Bertz CT molecular complexity index is 454. The highest BCUT2D eigenvalue weighted by atomic mass is 32.2. The molecule has 0 spiro atoms. The molecule has 0 atom stereocenters. The number of hydrogen-bond acceptors (Lipinski definition) is 4. The summed E-state index contributed by atoms with van der Waals surface area (Å²) in [6.07, 6.45) is 1.37. The standard InChI is InChI=1S/C11H18N2O3S/c1-9(2)7-13(3)17(15,16)11-5-4-10(8-14)6-12-11/h4-6,9,14H,7-8H2,1-3H3. The molecular formula is C11H18N2O3S. The Morgan fingerprint density at radius 3 is 2.47 bits per heavy atom. The van der Waals surface area contributed by atoms with Crippen molar-refractivity contribution in [3.8, 4) is 0 Å². The van der Waals surface area contributed by atoms with E-state index in [0.29, 0.717) is 12.1 Å². The fraction of sp³-hybridized carbons (Fsp3) is 0.545. The molecule has 1 rings (SSSR count). The van der Waals surface area contributed by atoms with Crippen LogP contribution in [0.1, 0.15) is 19.4 Å². The van der Waals surface area contributed by atoms with Gasteiger partial charge in [-0.2, -0.15) is 4.31 Å². The molecule has 1 aromatic rings. The zero-order chi connectivity index (χ0) is 13.1. The zero-order valence-electron chi connectivity index (χ0n) is 10.3. The second kappa shape index (κ2) is 5.57. The van der Waals surface area contributed by atoms with E-state index in [2.05, 4.69) is 4.98 Å². The number of aromatic nitrogens is 1. The minimum Gasteiger partial charge on any atom is -0.392 e. The van der Waals surface area contributed by atoms with Crippen molar-refractivity contribution in [2.24, 2.45) is 5.92 Å². The maximum atomic E-state index is 12.1. The van der Waals surface area contributed by atoms with E-state index < -0.39 is 10.0 Å². The molecule has 96 valence electrons. The predicted octanol–water partition coefficient (Wildman–Crippen LogP) is 0.850. The monoisotopic (exact) mass is 258 g/mol. The summed E-state index contributed by atoms with van der Waals surface area (Å²) in [5.41, 5.74) is 0.593. The molecule has 1 aromatic heterocycles.